The zero-order valence-corrected chi connectivity index (χ0v) is 13.8. The molecule has 0 aromatic carbocycles. The molecule has 0 aromatic heterocycles. The summed E-state index contributed by atoms with van der Waals surface area (Å²) in [6.45, 7) is 8.11. The van der Waals surface area contributed by atoms with E-state index in [1.807, 2.05) is 27.7 Å². The average Bonchev–Trinajstić information content (AvgIpc) is 2.37. The highest BCUT2D eigenvalue weighted by Crippen LogP contribution is 2.28. The summed E-state index contributed by atoms with van der Waals surface area (Å²) in [6, 6.07) is 0.102. The Morgan fingerprint density at radius 1 is 1.33 bits per heavy atom. The Hall–Kier alpha value is -1.10. The second-order valence-electron chi connectivity index (χ2n) is 6.48. The molecule has 122 valence electrons. The first kappa shape index (κ1) is 18.0. The fourth-order valence-electron chi connectivity index (χ4n) is 2.70. The van der Waals surface area contributed by atoms with Crippen LogP contribution in [0.5, 0.6) is 0 Å². The summed E-state index contributed by atoms with van der Waals surface area (Å²) in [5.41, 5.74) is -0.515. The Labute approximate surface area is 128 Å². The van der Waals surface area contributed by atoms with Crippen molar-refractivity contribution in [3.05, 3.63) is 0 Å². The number of likely N-dealkylation sites (tertiary alicyclic amines) is 1. The van der Waals surface area contributed by atoms with E-state index in [9.17, 15) is 9.59 Å². The summed E-state index contributed by atoms with van der Waals surface area (Å²) in [5, 5.41) is 0. The Kier molecular flexibility index (Phi) is 7.15. The van der Waals surface area contributed by atoms with Crippen LogP contribution in [0.15, 0.2) is 0 Å². The van der Waals surface area contributed by atoms with Crippen LogP contribution in [-0.4, -0.2) is 41.8 Å². The molecule has 0 saturated carbocycles. The standard InChI is InChI=1S/C16H29NO4/c1-5-20-14-11-8-10-13(9-6-7-12-18)17(14)15(19)21-16(2,3)4/h12-14H,5-11H2,1-4H3. The molecule has 21 heavy (non-hydrogen) atoms. The van der Waals surface area contributed by atoms with Crippen molar-refractivity contribution < 1.29 is 19.1 Å². The third-order valence-electron chi connectivity index (χ3n) is 3.51. The van der Waals surface area contributed by atoms with Crippen LogP contribution in [0.25, 0.3) is 0 Å². The van der Waals surface area contributed by atoms with Crippen molar-refractivity contribution >= 4 is 12.4 Å². The first-order chi connectivity index (χ1) is 9.89. The number of hydrogen-bond acceptors (Lipinski definition) is 4. The molecule has 0 bridgehead atoms. The predicted molar refractivity (Wildman–Crippen MR) is 81.0 cm³/mol. The summed E-state index contributed by atoms with van der Waals surface area (Å²) in [5.74, 6) is 0. The van der Waals surface area contributed by atoms with Gasteiger partial charge in [-0.1, -0.05) is 0 Å². The number of carbonyl (C=O) groups is 2. The molecule has 1 heterocycles. The van der Waals surface area contributed by atoms with Crippen molar-refractivity contribution in [3.63, 3.8) is 0 Å². The molecule has 5 nitrogen and oxygen atoms in total. The van der Waals surface area contributed by atoms with Crippen molar-refractivity contribution in [1.82, 2.24) is 4.90 Å². The third-order valence-corrected chi connectivity index (χ3v) is 3.51. The maximum absolute atomic E-state index is 12.5. The largest absolute Gasteiger partial charge is 0.444 e. The predicted octanol–water partition coefficient (Wildman–Crippen LogP) is 3.51. The number of rotatable bonds is 6. The van der Waals surface area contributed by atoms with E-state index in [1.165, 1.54) is 0 Å². The van der Waals surface area contributed by atoms with E-state index in [0.717, 1.165) is 38.4 Å². The molecule has 1 rings (SSSR count). The van der Waals surface area contributed by atoms with E-state index < -0.39 is 5.60 Å². The maximum atomic E-state index is 12.5. The first-order valence-electron chi connectivity index (χ1n) is 7.95. The van der Waals surface area contributed by atoms with Crippen LogP contribution in [0.1, 0.15) is 66.2 Å². The lowest BCUT2D eigenvalue weighted by Gasteiger charge is -2.42. The molecular formula is C16H29NO4. The van der Waals surface area contributed by atoms with Gasteiger partial charge in [-0.25, -0.2) is 4.79 Å². The van der Waals surface area contributed by atoms with E-state index in [2.05, 4.69) is 0 Å². The van der Waals surface area contributed by atoms with E-state index in [1.54, 1.807) is 4.90 Å². The van der Waals surface area contributed by atoms with Gasteiger partial charge in [0.1, 0.15) is 18.1 Å². The van der Waals surface area contributed by atoms with Gasteiger partial charge in [-0.05, 0) is 59.8 Å². The van der Waals surface area contributed by atoms with Crippen LogP contribution in [0.2, 0.25) is 0 Å². The minimum absolute atomic E-state index is 0.102. The highest BCUT2D eigenvalue weighted by Gasteiger charge is 2.36. The van der Waals surface area contributed by atoms with Gasteiger partial charge in [0.2, 0.25) is 0 Å². The maximum Gasteiger partial charge on any atom is 0.412 e. The van der Waals surface area contributed by atoms with E-state index in [0.29, 0.717) is 13.0 Å². The van der Waals surface area contributed by atoms with Crippen molar-refractivity contribution in [2.24, 2.45) is 0 Å². The highest BCUT2D eigenvalue weighted by atomic mass is 16.6. The Bertz CT molecular complexity index is 336. The number of aldehydes is 1. The summed E-state index contributed by atoms with van der Waals surface area (Å²) >= 11 is 0. The van der Waals surface area contributed by atoms with Gasteiger partial charge in [-0.3, -0.25) is 4.90 Å². The summed E-state index contributed by atoms with van der Waals surface area (Å²) in [4.78, 5) is 24.7. The minimum Gasteiger partial charge on any atom is -0.444 e. The molecule has 0 radical (unpaired) electrons. The molecule has 1 fully saturated rings. The molecule has 5 heteroatoms. The van der Waals surface area contributed by atoms with Gasteiger partial charge < -0.3 is 14.3 Å². The lowest BCUT2D eigenvalue weighted by atomic mass is 9.96. The van der Waals surface area contributed by atoms with Crippen molar-refractivity contribution in [1.29, 1.82) is 0 Å². The monoisotopic (exact) mass is 299 g/mol. The first-order valence-corrected chi connectivity index (χ1v) is 7.95. The van der Waals surface area contributed by atoms with E-state index in [4.69, 9.17) is 9.47 Å². The molecule has 2 atom stereocenters. The molecule has 0 aliphatic carbocycles. The number of hydrogen-bond donors (Lipinski definition) is 0. The molecule has 1 aliphatic rings. The second-order valence-corrected chi connectivity index (χ2v) is 6.48. The number of unbranched alkanes of at least 4 members (excludes halogenated alkanes) is 1. The fourth-order valence-corrected chi connectivity index (χ4v) is 2.70. The van der Waals surface area contributed by atoms with Crippen LogP contribution < -0.4 is 0 Å². The molecule has 2 unspecified atom stereocenters. The Morgan fingerprint density at radius 3 is 2.62 bits per heavy atom. The average molecular weight is 299 g/mol. The highest BCUT2D eigenvalue weighted by molar-refractivity contribution is 5.69. The molecule has 1 aliphatic heterocycles. The normalized spacial score (nSPS) is 23.0. The number of carbonyl (C=O) groups excluding carboxylic acids is 2. The summed E-state index contributed by atoms with van der Waals surface area (Å²) in [7, 11) is 0. The van der Waals surface area contributed by atoms with Crippen LogP contribution in [0, 0.1) is 0 Å². The molecule has 0 N–H and O–H groups in total. The Balaban J connectivity index is 2.77. The number of piperidine rings is 1. The zero-order valence-electron chi connectivity index (χ0n) is 13.8. The zero-order chi connectivity index (χ0) is 15.9. The molecule has 0 aromatic rings. The summed E-state index contributed by atoms with van der Waals surface area (Å²) < 4.78 is 11.3. The number of amides is 1. The van der Waals surface area contributed by atoms with Crippen molar-refractivity contribution in [2.45, 2.75) is 84.1 Å². The van der Waals surface area contributed by atoms with Crippen LogP contribution in [0.4, 0.5) is 4.79 Å². The molecule has 1 amide bonds. The van der Waals surface area contributed by atoms with Gasteiger partial charge >= 0.3 is 6.09 Å². The third kappa shape index (κ3) is 6.04. The molecule has 0 spiro atoms. The lowest BCUT2D eigenvalue weighted by Crippen LogP contribution is -2.52. The number of ether oxygens (including phenoxy) is 2. The van der Waals surface area contributed by atoms with Gasteiger partial charge in [0.15, 0.2) is 0 Å². The molecular weight excluding hydrogens is 270 g/mol. The van der Waals surface area contributed by atoms with Crippen molar-refractivity contribution in [2.75, 3.05) is 6.61 Å². The van der Waals surface area contributed by atoms with Crippen molar-refractivity contribution in [3.8, 4) is 0 Å². The summed E-state index contributed by atoms with van der Waals surface area (Å²) in [6.07, 6.45) is 5.40. The van der Waals surface area contributed by atoms with Gasteiger partial charge in [0.25, 0.3) is 0 Å². The van der Waals surface area contributed by atoms with Gasteiger partial charge in [0.05, 0.1) is 0 Å². The minimum atomic E-state index is -0.515. The van der Waals surface area contributed by atoms with Gasteiger partial charge in [-0.2, -0.15) is 0 Å². The quantitative estimate of drug-likeness (QED) is 0.556. The SMILES string of the molecule is CCOC1CCCC(CCCC=O)N1C(=O)OC(C)(C)C. The lowest BCUT2D eigenvalue weighted by molar-refractivity contribution is -0.108. The van der Waals surface area contributed by atoms with Crippen LogP contribution in [-0.2, 0) is 14.3 Å². The number of nitrogens with zero attached hydrogens (tertiary/aromatic N) is 1. The second kappa shape index (κ2) is 8.37. The van der Waals surface area contributed by atoms with E-state index >= 15 is 0 Å². The topological polar surface area (TPSA) is 55.8 Å². The van der Waals surface area contributed by atoms with Crippen LogP contribution in [0.3, 0.4) is 0 Å². The smallest absolute Gasteiger partial charge is 0.412 e. The van der Waals surface area contributed by atoms with Gasteiger partial charge in [0, 0.05) is 19.1 Å². The molecule has 1 saturated heterocycles. The van der Waals surface area contributed by atoms with E-state index in [-0.39, 0.29) is 18.4 Å². The fraction of sp³-hybridized carbons (Fsp3) is 0.875. The van der Waals surface area contributed by atoms with Gasteiger partial charge in [-0.15, -0.1) is 0 Å². The van der Waals surface area contributed by atoms with Crippen LogP contribution >= 0.6 is 0 Å². The Morgan fingerprint density at radius 2 is 2.05 bits per heavy atom.